The van der Waals surface area contributed by atoms with Crippen molar-refractivity contribution < 1.29 is 23.0 Å². The Hall–Kier alpha value is -2.79. The van der Waals surface area contributed by atoms with E-state index in [4.69, 9.17) is 9.84 Å². The van der Waals surface area contributed by atoms with Gasteiger partial charge in [-0.1, -0.05) is 72.8 Å². The van der Waals surface area contributed by atoms with E-state index in [1.54, 1.807) is 13.0 Å². The predicted molar refractivity (Wildman–Crippen MR) is 99.3 cm³/mol. The molecule has 0 radical (unpaired) electrons. The van der Waals surface area contributed by atoms with Gasteiger partial charge in [0.15, 0.2) is 0 Å². The van der Waals surface area contributed by atoms with Crippen LogP contribution in [0.1, 0.15) is 22.3 Å². The van der Waals surface area contributed by atoms with E-state index in [0.29, 0.717) is 5.56 Å². The first kappa shape index (κ1) is 20.5. The second kappa shape index (κ2) is 9.78. The second-order valence-electron chi connectivity index (χ2n) is 5.87. The van der Waals surface area contributed by atoms with Crippen molar-refractivity contribution in [2.45, 2.75) is 26.3 Å². The van der Waals surface area contributed by atoms with Crippen LogP contribution in [0.5, 0.6) is 5.75 Å². The molecule has 0 saturated carbocycles. The van der Waals surface area contributed by atoms with Crippen molar-refractivity contribution in [2.24, 2.45) is 0 Å². The molecule has 142 valence electrons. The summed E-state index contributed by atoms with van der Waals surface area (Å²) in [6, 6.07) is 22.7. The molecule has 3 aromatic rings. The lowest BCUT2D eigenvalue weighted by molar-refractivity contribution is -0.139. The average Bonchev–Trinajstić information content (AvgIpc) is 2.68. The third-order valence-electron chi connectivity index (χ3n) is 3.77. The van der Waals surface area contributed by atoms with Gasteiger partial charge in [-0.15, -0.1) is 0 Å². The van der Waals surface area contributed by atoms with Crippen molar-refractivity contribution in [3.8, 4) is 5.75 Å². The maximum Gasteiger partial charge on any atom is 0.419 e. The summed E-state index contributed by atoms with van der Waals surface area (Å²) >= 11 is 0. The summed E-state index contributed by atoms with van der Waals surface area (Å²) in [5.41, 5.74) is 1.54. The number of rotatable bonds is 4. The fourth-order valence-corrected chi connectivity index (χ4v) is 2.38. The monoisotopic (exact) mass is 374 g/mol. The SMILES string of the molecule is Cc1cccc(C(F)(F)F)c1OCc1ccccc1.OCc1ccccc1. The van der Waals surface area contributed by atoms with E-state index in [1.165, 1.54) is 6.07 Å². The van der Waals surface area contributed by atoms with Crippen LogP contribution in [0.3, 0.4) is 0 Å². The molecule has 3 aromatic carbocycles. The molecule has 0 aromatic heterocycles. The van der Waals surface area contributed by atoms with Crippen molar-refractivity contribution in [1.29, 1.82) is 0 Å². The van der Waals surface area contributed by atoms with Gasteiger partial charge in [-0.3, -0.25) is 0 Å². The molecule has 0 amide bonds. The third-order valence-corrected chi connectivity index (χ3v) is 3.77. The zero-order valence-corrected chi connectivity index (χ0v) is 14.9. The van der Waals surface area contributed by atoms with Crippen LogP contribution in [0.25, 0.3) is 0 Å². The van der Waals surface area contributed by atoms with E-state index < -0.39 is 11.7 Å². The van der Waals surface area contributed by atoms with Crippen molar-refractivity contribution in [1.82, 2.24) is 0 Å². The van der Waals surface area contributed by atoms with Gasteiger partial charge in [0.1, 0.15) is 12.4 Å². The Morgan fingerprint density at radius 1 is 0.778 bits per heavy atom. The second-order valence-corrected chi connectivity index (χ2v) is 5.87. The van der Waals surface area contributed by atoms with Gasteiger partial charge in [0.05, 0.1) is 12.2 Å². The summed E-state index contributed by atoms with van der Waals surface area (Å²) in [6.07, 6.45) is -4.40. The molecule has 27 heavy (non-hydrogen) atoms. The summed E-state index contributed by atoms with van der Waals surface area (Å²) in [7, 11) is 0. The maximum absolute atomic E-state index is 12.9. The molecule has 0 bridgehead atoms. The molecular formula is C22H21F3O2. The van der Waals surface area contributed by atoms with Crippen LogP contribution in [0.4, 0.5) is 13.2 Å². The number of hydrogen-bond acceptors (Lipinski definition) is 2. The topological polar surface area (TPSA) is 29.5 Å². The minimum atomic E-state index is -4.40. The molecule has 1 N–H and O–H groups in total. The van der Waals surface area contributed by atoms with Gasteiger partial charge in [0, 0.05) is 0 Å². The molecule has 0 aliphatic carbocycles. The summed E-state index contributed by atoms with van der Waals surface area (Å²) in [4.78, 5) is 0. The molecule has 0 spiro atoms. The van der Waals surface area contributed by atoms with Gasteiger partial charge in [-0.25, -0.2) is 0 Å². The summed E-state index contributed by atoms with van der Waals surface area (Å²) in [5.74, 6) is -0.0983. The summed E-state index contributed by atoms with van der Waals surface area (Å²) in [6.45, 7) is 1.87. The molecule has 0 unspecified atom stereocenters. The third kappa shape index (κ3) is 6.46. The molecule has 2 nitrogen and oxygen atoms in total. The largest absolute Gasteiger partial charge is 0.488 e. The first-order valence-electron chi connectivity index (χ1n) is 8.40. The first-order valence-corrected chi connectivity index (χ1v) is 8.40. The zero-order valence-electron chi connectivity index (χ0n) is 14.9. The van der Waals surface area contributed by atoms with Crippen LogP contribution in [-0.2, 0) is 19.4 Å². The number of hydrogen-bond donors (Lipinski definition) is 1. The minimum Gasteiger partial charge on any atom is -0.488 e. The highest BCUT2D eigenvalue weighted by molar-refractivity contribution is 5.42. The first-order chi connectivity index (χ1) is 12.9. The molecule has 5 heteroatoms. The van der Waals surface area contributed by atoms with Gasteiger partial charge in [-0.05, 0) is 29.7 Å². The molecule has 0 aliphatic rings. The van der Waals surface area contributed by atoms with Crippen LogP contribution >= 0.6 is 0 Å². The fourth-order valence-electron chi connectivity index (χ4n) is 2.38. The van der Waals surface area contributed by atoms with Gasteiger partial charge in [0.2, 0.25) is 0 Å². The van der Waals surface area contributed by atoms with Crippen LogP contribution in [0.15, 0.2) is 78.9 Å². The van der Waals surface area contributed by atoms with E-state index in [2.05, 4.69) is 0 Å². The van der Waals surface area contributed by atoms with Crippen molar-refractivity contribution in [3.63, 3.8) is 0 Å². The lowest BCUT2D eigenvalue weighted by Crippen LogP contribution is -2.09. The lowest BCUT2D eigenvalue weighted by Gasteiger charge is -2.16. The number of aryl methyl sites for hydroxylation is 1. The van der Waals surface area contributed by atoms with E-state index in [1.807, 2.05) is 60.7 Å². The van der Waals surface area contributed by atoms with E-state index in [9.17, 15) is 13.2 Å². The van der Waals surface area contributed by atoms with E-state index in [0.717, 1.165) is 17.2 Å². The number of para-hydroxylation sites is 1. The van der Waals surface area contributed by atoms with Gasteiger partial charge >= 0.3 is 6.18 Å². The Labute approximate surface area is 156 Å². The Balaban J connectivity index is 0.000000273. The number of aliphatic hydroxyl groups is 1. The van der Waals surface area contributed by atoms with Crippen molar-refractivity contribution >= 4 is 0 Å². The quantitative estimate of drug-likeness (QED) is 0.628. The van der Waals surface area contributed by atoms with Crippen molar-refractivity contribution in [3.05, 3.63) is 101 Å². The van der Waals surface area contributed by atoms with Crippen LogP contribution < -0.4 is 4.74 Å². The smallest absolute Gasteiger partial charge is 0.419 e. The molecule has 3 rings (SSSR count). The normalized spacial score (nSPS) is 10.7. The highest BCUT2D eigenvalue weighted by Gasteiger charge is 2.34. The van der Waals surface area contributed by atoms with Gasteiger partial charge in [0.25, 0.3) is 0 Å². The Bertz CT molecular complexity index is 816. The number of benzene rings is 3. The number of ether oxygens (including phenoxy) is 1. The fraction of sp³-hybridized carbons (Fsp3) is 0.182. The zero-order chi connectivity index (χ0) is 19.7. The standard InChI is InChI=1S/C15H13F3O.C7H8O/c1-11-6-5-9-13(15(16,17)18)14(11)19-10-12-7-3-2-4-8-12;8-6-7-4-2-1-3-5-7/h2-9H,10H2,1H3;1-5,8H,6H2. The maximum atomic E-state index is 12.9. The minimum absolute atomic E-state index is 0.0983. The van der Waals surface area contributed by atoms with E-state index >= 15 is 0 Å². The molecule has 0 saturated heterocycles. The molecule has 0 fully saturated rings. The van der Waals surface area contributed by atoms with Gasteiger partial charge < -0.3 is 9.84 Å². The predicted octanol–water partition coefficient (Wildman–Crippen LogP) is 5.77. The highest BCUT2D eigenvalue weighted by atomic mass is 19.4. The van der Waals surface area contributed by atoms with Gasteiger partial charge in [-0.2, -0.15) is 13.2 Å². The Morgan fingerprint density at radius 2 is 1.33 bits per heavy atom. The molecule has 0 atom stereocenters. The summed E-state index contributed by atoms with van der Waals surface area (Å²) < 4.78 is 44.0. The van der Waals surface area contributed by atoms with Crippen molar-refractivity contribution in [2.75, 3.05) is 0 Å². The van der Waals surface area contributed by atoms with Crippen LogP contribution in [0, 0.1) is 6.92 Å². The highest BCUT2D eigenvalue weighted by Crippen LogP contribution is 2.38. The average molecular weight is 374 g/mol. The van der Waals surface area contributed by atoms with Crippen LogP contribution in [0.2, 0.25) is 0 Å². The molecule has 0 aliphatic heterocycles. The number of aliphatic hydroxyl groups excluding tert-OH is 1. The molecule has 0 heterocycles. The Kier molecular flexibility index (Phi) is 7.44. The Morgan fingerprint density at radius 3 is 1.81 bits per heavy atom. The molecular weight excluding hydrogens is 353 g/mol. The van der Waals surface area contributed by atoms with Crippen LogP contribution in [-0.4, -0.2) is 5.11 Å². The number of alkyl halides is 3. The summed E-state index contributed by atoms with van der Waals surface area (Å²) in [5, 5.41) is 8.54. The lowest BCUT2D eigenvalue weighted by atomic mass is 10.1. The van der Waals surface area contributed by atoms with E-state index in [-0.39, 0.29) is 19.0 Å². The number of halogens is 3.